The average Bonchev–Trinajstić information content (AvgIpc) is 3.11. The summed E-state index contributed by atoms with van der Waals surface area (Å²) in [7, 11) is -3.54. The van der Waals surface area contributed by atoms with Gasteiger partial charge in [0.25, 0.3) is 5.24 Å². The number of nitrogens with one attached hydrogen (secondary N) is 1. The van der Waals surface area contributed by atoms with Gasteiger partial charge in [-0.1, -0.05) is 20.3 Å². The van der Waals surface area contributed by atoms with E-state index in [1.165, 1.54) is 24.3 Å². The Hall–Kier alpha value is -0.910. The van der Waals surface area contributed by atoms with Crippen LogP contribution in [0.1, 0.15) is 49.9 Å². The number of rotatable bonds is 7. The maximum Gasteiger partial charge on any atom is 0.252 e. The molecule has 2 atom stereocenters. The van der Waals surface area contributed by atoms with Crippen LogP contribution in [0.25, 0.3) is 0 Å². The van der Waals surface area contributed by atoms with Crippen molar-refractivity contribution in [2.75, 3.05) is 0 Å². The zero-order valence-corrected chi connectivity index (χ0v) is 13.8. The standard InChI is InChI=1S/C15H20ClNO3S/c1-3-9-15(4-2)10-13(15)17-21(19,20)12-7-5-11(6-8-12)14(16)18/h5-8,13,17H,3-4,9-10H2,1-2H3. The van der Waals surface area contributed by atoms with Crippen LogP contribution in [0.15, 0.2) is 29.2 Å². The Morgan fingerprint density at radius 2 is 1.95 bits per heavy atom. The highest BCUT2D eigenvalue weighted by Crippen LogP contribution is 2.53. The zero-order chi connectivity index (χ0) is 15.7. The molecule has 0 bridgehead atoms. The fourth-order valence-electron chi connectivity index (χ4n) is 2.88. The van der Waals surface area contributed by atoms with Crippen molar-refractivity contribution in [1.82, 2.24) is 4.72 Å². The van der Waals surface area contributed by atoms with E-state index < -0.39 is 15.3 Å². The largest absolute Gasteiger partial charge is 0.276 e. The Kier molecular flexibility index (Phi) is 4.76. The number of hydrogen-bond donors (Lipinski definition) is 1. The van der Waals surface area contributed by atoms with Crippen molar-refractivity contribution in [3.8, 4) is 0 Å². The minimum absolute atomic E-state index is 0.0155. The van der Waals surface area contributed by atoms with Gasteiger partial charge in [0.15, 0.2) is 0 Å². The number of sulfonamides is 1. The van der Waals surface area contributed by atoms with Crippen LogP contribution in [-0.2, 0) is 10.0 Å². The summed E-state index contributed by atoms with van der Waals surface area (Å²) in [6, 6.07) is 5.69. The van der Waals surface area contributed by atoms with Gasteiger partial charge in [-0.15, -0.1) is 0 Å². The third-order valence-corrected chi connectivity index (χ3v) is 6.04. The predicted octanol–water partition coefficient (Wildman–Crippen LogP) is 3.31. The molecule has 2 rings (SSSR count). The van der Waals surface area contributed by atoms with E-state index in [1.54, 1.807) is 0 Å². The van der Waals surface area contributed by atoms with Crippen molar-refractivity contribution in [2.24, 2.45) is 5.41 Å². The number of halogens is 1. The molecule has 21 heavy (non-hydrogen) atoms. The minimum atomic E-state index is -3.54. The highest BCUT2D eigenvalue weighted by Gasteiger charge is 2.53. The summed E-state index contributed by atoms with van der Waals surface area (Å²) >= 11 is 5.35. The molecule has 0 radical (unpaired) electrons. The van der Waals surface area contributed by atoms with Crippen LogP contribution in [0.2, 0.25) is 0 Å². The zero-order valence-electron chi connectivity index (χ0n) is 12.2. The van der Waals surface area contributed by atoms with Crippen molar-refractivity contribution in [3.63, 3.8) is 0 Å². The molecular formula is C15H20ClNO3S. The van der Waals surface area contributed by atoms with E-state index in [0.717, 1.165) is 25.7 Å². The normalized spacial score (nSPS) is 24.8. The molecule has 1 aliphatic rings. The van der Waals surface area contributed by atoms with Crippen LogP contribution in [0.4, 0.5) is 0 Å². The smallest absolute Gasteiger partial charge is 0.252 e. The third kappa shape index (κ3) is 3.47. The Labute approximate surface area is 130 Å². The van der Waals surface area contributed by atoms with Gasteiger partial charge >= 0.3 is 0 Å². The van der Waals surface area contributed by atoms with Crippen LogP contribution in [0.5, 0.6) is 0 Å². The van der Waals surface area contributed by atoms with Crippen molar-refractivity contribution >= 4 is 26.9 Å². The molecule has 0 saturated heterocycles. The molecular weight excluding hydrogens is 310 g/mol. The van der Waals surface area contributed by atoms with Crippen molar-refractivity contribution in [3.05, 3.63) is 29.8 Å². The van der Waals surface area contributed by atoms with Crippen molar-refractivity contribution < 1.29 is 13.2 Å². The maximum absolute atomic E-state index is 12.3. The van der Waals surface area contributed by atoms with Crippen LogP contribution in [-0.4, -0.2) is 19.7 Å². The van der Waals surface area contributed by atoms with Crippen molar-refractivity contribution in [2.45, 2.75) is 50.5 Å². The van der Waals surface area contributed by atoms with E-state index in [4.69, 9.17) is 11.6 Å². The van der Waals surface area contributed by atoms with Crippen LogP contribution in [0, 0.1) is 5.41 Å². The fourth-order valence-corrected chi connectivity index (χ4v) is 4.34. The molecule has 0 amide bonds. The van der Waals surface area contributed by atoms with Gasteiger partial charge < -0.3 is 0 Å². The highest BCUT2D eigenvalue weighted by molar-refractivity contribution is 7.89. The van der Waals surface area contributed by atoms with Gasteiger partial charge in [0.2, 0.25) is 10.0 Å². The van der Waals surface area contributed by atoms with E-state index in [9.17, 15) is 13.2 Å². The van der Waals surface area contributed by atoms with Crippen molar-refractivity contribution in [1.29, 1.82) is 0 Å². The van der Waals surface area contributed by atoms with Gasteiger partial charge in [-0.25, -0.2) is 13.1 Å². The number of carbonyl (C=O) groups excluding carboxylic acids is 1. The van der Waals surface area contributed by atoms with Gasteiger partial charge in [0, 0.05) is 11.6 Å². The topological polar surface area (TPSA) is 63.2 Å². The van der Waals surface area contributed by atoms with E-state index in [0.29, 0.717) is 0 Å². The monoisotopic (exact) mass is 329 g/mol. The number of benzene rings is 1. The molecule has 0 heterocycles. The predicted molar refractivity (Wildman–Crippen MR) is 83.0 cm³/mol. The first kappa shape index (κ1) is 16.5. The molecule has 1 saturated carbocycles. The Balaban J connectivity index is 2.11. The first-order valence-electron chi connectivity index (χ1n) is 7.17. The summed E-state index contributed by atoms with van der Waals surface area (Å²) in [6.45, 7) is 4.22. The van der Waals surface area contributed by atoms with Crippen LogP contribution in [0.3, 0.4) is 0 Å². The second kappa shape index (κ2) is 6.07. The summed E-state index contributed by atoms with van der Waals surface area (Å²) in [6.07, 6.45) is 3.97. The fraction of sp³-hybridized carbons (Fsp3) is 0.533. The molecule has 0 spiro atoms. The molecule has 1 aromatic rings. The summed E-state index contributed by atoms with van der Waals surface area (Å²) in [5.74, 6) is 0. The summed E-state index contributed by atoms with van der Waals surface area (Å²) in [5.41, 5.74) is 0.407. The average molecular weight is 330 g/mol. The quantitative estimate of drug-likeness (QED) is 0.780. The molecule has 1 fully saturated rings. The molecule has 1 aromatic carbocycles. The Morgan fingerprint density at radius 3 is 2.43 bits per heavy atom. The first-order chi connectivity index (χ1) is 9.84. The summed E-state index contributed by atoms with van der Waals surface area (Å²) < 4.78 is 27.5. The molecule has 0 aliphatic heterocycles. The minimum Gasteiger partial charge on any atom is -0.276 e. The molecule has 2 unspecified atom stereocenters. The van der Waals surface area contributed by atoms with E-state index in [1.807, 2.05) is 0 Å². The van der Waals surface area contributed by atoms with Crippen LogP contribution < -0.4 is 4.72 Å². The second-order valence-corrected chi connectivity index (χ2v) is 7.70. The van der Waals surface area contributed by atoms with E-state index in [-0.39, 0.29) is 21.9 Å². The second-order valence-electron chi connectivity index (χ2n) is 5.64. The molecule has 6 heteroatoms. The molecule has 1 N–H and O–H groups in total. The molecule has 4 nitrogen and oxygen atoms in total. The highest BCUT2D eigenvalue weighted by atomic mass is 35.5. The first-order valence-corrected chi connectivity index (χ1v) is 9.03. The SMILES string of the molecule is CCCC1(CC)CC1NS(=O)(=O)c1ccc(C(=O)Cl)cc1. The Morgan fingerprint density at radius 1 is 1.33 bits per heavy atom. The van der Waals surface area contributed by atoms with Gasteiger partial charge in [-0.05, 0) is 60.5 Å². The van der Waals surface area contributed by atoms with Gasteiger partial charge in [-0.3, -0.25) is 4.79 Å². The van der Waals surface area contributed by atoms with E-state index >= 15 is 0 Å². The lowest BCUT2D eigenvalue weighted by atomic mass is 9.97. The van der Waals surface area contributed by atoms with Gasteiger partial charge in [0.05, 0.1) is 4.90 Å². The lowest BCUT2D eigenvalue weighted by Gasteiger charge is -2.14. The molecule has 1 aliphatic carbocycles. The maximum atomic E-state index is 12.3. The van der Waals surface area contributed by atoms with E-state index in [2.05, 4.69) is 18.6 Å². The molecule has 0 aromatic heterocycles. The number of carbonyl (C=O) groups is 1. The van der Waals surface area contributed by atoms with Gasteiger partial charge in [0.1, 0.15) is 0 Å². The summed E-state index contributed by atoms with van der Waals surface area (Å²) in [4.78, 5) is 11.2. The number of hydrogen-bond acceptors (Lipinski definition) is 3. The lowest BCUT2D eigenvalue weighted by Crippen LogP contribution is -2.29. The van der Waals surface area contributed by atoms with Gasteiger partial charge in [-0.2, -0.15) is 0 Å². The third-order valence-electron chi connectivity index (χ3n) is 4.33. The lowest BCUT2D eigenvalue weighted by molar-refractivity contribution is 0.108. The summed E-state index contributed by atoms with van der Waals surface area (Å²) in [5, 5.41) is -0.595. The van der Waals surface area contributed by atoms with Crippen LogP contribution >= 0.6 is 11.6 Å². The molecule has 116 valence electrons. The Bertz CT molecular complexity index is 627.